The molecule has 3 rings (SSSR count). The molecule has 27 heavy (non-hydrogen) atoms. The second-order valence-electron chi connectivity index (χ2n) is 5.65. The van der Waals surface area contributed by atoms with Gasteiger partial charge in [0.25, 0.3) is 0 Å². The number of aromatic nitrogens is 2. The monoisotopic (exact) mass is 432 g/mol. The summed E-state index contributed by atoms with van der Waals surface area (Å²) in [6.45, 7) is 0. The highest BCUT2D eigenvalue weighted by Crippen LogP contribution is 2.32. The van der Waals surface area contributed by atoms with Crippen LogP contribution in [0.3, 0.4) is 0 Å². The highest BCUT2D eigenvalue weighted by molar-refractivity contribution is 6.63. The van der Waals surface area contributed by atoms with Crippen LogP contribution in [0, 0.1) is 0 Å². The van der Waals surface area contributed by atoms with Crippen LogP contribution in [0.1, 0.15) is 11.1 Å². The van der Waals surface area contributed by atoms with E-state index in [2.05, 4.69) is 5.10 Å². The van der Waals surface area contributed by atoms with Gasteiger partial charge < -0.3 is 0 Å². The third-order valence-electron chi connectivity index (χ3n) is 3.77. The van der Waals surface area contributed by atoms with Crippen LogP contribution in [0.15, 0.2) is 48.7 Å². The van der Waals surface area contributed by atoms with Gasteiger partial charge in [-0.3, -0.25) is 4.79 Å². The van der Waals surface area contributed by atoms with Crippen LogP contribution in [0.2, 0.25) is 10.0 Å². The lowest BCUT2D eigenvalue weighted by molar-refractivity contribution is -0.137. The first-order valence-electron chi connectivity index (χ1n) is 7.55. The van der Waals surface area contributed by atoms with Gasteiger partial charge in [-0.05, 0) is 48.0 Å². The van der Waals surface area contributed by atoms with Crippen LogP contribution in [0.4, 0.5) is 13.2 Å². The Hall–Kier alpha value is -2.02. The van der Waals surface area contributed by atoms with Crippen LogP contribution in [-0.2, 0) is 17.4 Å². The minimum Gasteiger partial charge on any atom is -0.281 e. The van der Waals surface area contributed by atoms with Crippen molar-refractivity contribution in [2.75, 3.05) is 0 Å². The number of hydrogen-bond acceptors (Lipinski definition) is 2. The number of rotatable bonds is 4. The Labute approximate surface area is 167 Å². The van der Waals surface area contributed by atoms with Crippen molar-refractivity contribution in [2.24, 2.45) is 0 Å². The number of carbonyl (C=O) groups excluding carboxylic acids is 1. The SMILES string of the molecule is O=C(Cl)Cc1cn(-c2ccc(C(F)(F)F)cc2)nc1-c1ccc(Cl)c(Cl)c1. The molecular formula is C18H10Cl3F3N2O. The Morgan fingerprint density at radius 1 is 1.04 bits per heavy atom. The molecule has 2 aromatic carbocycles. The van der Waals surface area contributed by atoms with Gasteiger partial charge in [-0.15, -0.1) is 0 Å². The van der Waals surface area contributed by atoms with Gasteiger partial charge in [0.2, 0.25) is 5.24 Å². The third kappa shape index (κ3) is 4.46. The first-order valence-corrected chi connectivity index (χ1v) is 8.68. The maximum absolute atomic E-state index is 12.7. The van der Waals surface area contributed by atoms with E-state index in [4.69, 9.17) is 34.8 Å². The molecule has 0 saturated carbocycles. The summed E-state index contributed by atoms with van der Waals surface area (Å²) in [6.07, 6.45) is -2.98. The molecule has 0 N–H and O–H groups in total. The zero-order valence-corrected chi connectivity index (χ0v) is 15.7. The van der Waals surface area contributed by atoms with Gasteiger partial charge in [0, 0.05) is 17.3 Å². The van der Waals surface area contributed by atoms with E-state index in [1.807, 2.05) is 0 Å². The van der Waals surface area contributed by atoms with Crippen molar-refractivity contribution in [1.82, 2.24) is 9.78 Å². The fourth-order valence-electron chi connectivity index (χ4n) is 2.51. The van der Waals surface area contributed by atoms with Crippen LogP contribution < -0.4 is 0 Å². The van der Waals surface area contributed by atoms with Gasteiger partial charge in [0.05, 0.1) is 33.4 Å². The number of carbonyl (C=O) groups is 1. The standard InChI is InChI=1S/C18H10Cl3F3N2O/c19-14-6-1-10(7-15(14)20)17-11(8-16(21)27)9-26(25-17)13-4-2-12(3-5-13)18(22,23)24/h1-7,9H,8H2. The van der Waals surface area contributed by atoms with E-state index in [1.165, 1.54) is 16.8 Å². The van der Waals surface area contributed by atoms with Crippen LogP contribution >= 0.6 is 34.8 Å². The van der Waals surface area contributed by atoms with E-state index in [0.29, 0.717) is 32.6 Å². The first-order chi connectivity index (χ1) is 12.6. The van der Waals surface area contributed by atoms with Crippen molar-refractivity contribution < 1.29 is 18.0 Å². The molecule has 3 aromatic rings. The summed E-state index contributed by atoms with van der Waals surface area (Å²) in [6, 6.07) is 9.36. The van der Waals surface area contributed by atoms with Crippen molar-refractivity contribution in [2.45, 2.75) is 12.6 Å². The summed E-state index contributed by atoms with van der Waals surface area (Å²) >= 11 is 17.5. The second-order valence-corrected chi connectivity index (χ2v) is 6.89. The molecule has 1 aromatic heterocycles. The Kier molecular flexibility index (Phi) is 5.51. The average molecular weight is 434 g/mol. The predicted molar refractivity (Wildman–Crippen MR) is 98.6 cm³/mol. The summed E-state index contributed by atoms with van der Waals surface area (Å²) in [5.41, 5.74) is 1.18. The second kappa shape index (κ2) is 7.54. The van der Waals surface area contributed by atoms with E-state index in [-0.39, 0.29) is 6.42 Å². The van der Waals surface area contributed by atoms with Gasteiger partial charge >= 0.3 is 6.18 Å². The minimum atomic E-state index is -4.43. The fraction of sp³-hybridized carbons (Fsp3) is 0.111. The molecule has 0 aliphatic heterocycles. The molecular weight excluding hydrogens is 424 g/mol. The quantitative estimate of drug-likeness (QED) is 0.461. The van der Waals surface area contributed by atoms with E-state index >= 15 is 0 Å². The molecule has 0 aliphatic rings. The maximum Gasteiger partial charge on any atom is 0.416 e. The summed E-state index contributed by atoms with van der Waals surface area (Å²) in [7, 11) is 0. The highest BCUT2D eigenvalue weighted by Gasteiger charge is 2.30. The number of benzene rings is 2. The molecule has 0 amide bonds. The Balaban J connectivity index is 2.06. The number of alkyl halides is 3. The van der Waals surface area contributed by atoms with Gasteiger partial charge in [-0.25, -0.2) is 4.68 Å². The van der Waals surface area contributed by atoms with Crippen molar-refractivity contribution in [3.63, 3.8) is 0 Å². The topological polar surface area (TPSA) is 34.9 Å². The molecule has 9 heteroatoms. The van der Waals surface area contributed by atoms with Gasteiger partial charge in [0.1, 0.15) is 0 Å². The predicted octanol–water partition coefficient (Wildman–Crippen LogP) is 6.17. The summed E-state index contributed by atoms with van der Waals surface area (Å²) < 4.78 is 39.6. The molecule has 1 heterocycles. The molecule has 0 fully saturated rings. The first kappa shape index (κ1) is 19.7. The third-order valence-corrected chi connectivity index (χ3v) is 4.64. The largest absolute Gasteiger partial charge is 0.416 e. The zero-order chi connectivity index (χ0) is 19.8. The number of hydrogen-bond donors (Lipinski definition) is 0. The molecule has 0 bridgehead atoms. The Bertz CT molecular complexity index is 998. The van der Waals surface area contributed by atoms with Crippen molar-refractivity contribution in [3.05, 3.63) is 69.8 Å². The molecule has 0 radical (unpaired) electrons. The maximum atomic E-state index is 12.7. The minimum absolute atomic E-state index is 0.0994. The molecule has 0 aliphatic carbocycles. The summed E-state index contributed by atoms with van der Waals surface area (Å²) in [4.78, 5) is 11.4. The lowest BCUT2D eigenvalue weighted by atomic mass is 10.1. The molecule has 3 nitrogen and oxygen atoms in total. The molecule has 0 unspecified atom stereocenters. The van der Waals surface area contributed by atoms with E-state index < -0.39 is 17.0 Å². The zero-order valence-electron chi connectivity index (χ0n) is 13.4. The molecule has 0 saturated heterocycles. The summed E-state index contributed by atoms with van der Waals surface area (Å²) in [5, 5.41) is 4.46. The lowest BCUT2D eigenvalue weighted by Crippen LogP contribution is -2.05. The normalized spacial score (nSPS) is 11.6. The lowest BCUT2D eigenvalue weighted by Gasteiger charge is -2.07. The van der Waals surface area contributed by atoms with Gasteiger partial charge in [0.15, 0.2) is 0 Å². The van der Waals surface area contributed by atoms with Crippen molar-refractivity contribution in [3.8, 4) is 16.9 Å². The highest BCUT2D eigenvalue weighted by atomic mass is 35.5. The smallest absolute Gasteiger partial charge is 0.281 e. The van der Waals surface area contributed by atoms with Crippen LogP contribution in [0.25, 0.3) is 16.9 Å². The summed E-state index contributed by atoms with van der Waals surface area (Å²) in [5.74, 6) is 0. The van der Waals surface area contributed by atoms with E-state index in [9.17, 15) is 18.0 Å². The van der Waals surface area contributed by atoms with Crippen LogP contribution in [0.5, 0.6) is 0 Å². The average Bonchev–Trinajstić information content (AvgIpc) is 3.00. The number of halogens is 6. The Morgan fingerprint density at radius 3 is 2.26 bits per heavy atom. The van der Waals surface area contributed by atoms with Gasteiger partial charge in [-0.2, -0.15) is 18.3 Å². The van der Waals surface area contributed by atoms with Gasteiger partial charge in [-0.1, -0.05) is 29.3 Å². The van der Waals surface area contributed by atoms with Crippen LogP contribution in [-0.4, -0.2) is 15.0 Å². The fourth-order valence-corrected chi connectivity index (χ4v) is 2.95. The van der Waals surface area contributed by atoms with E-state index in [0.717, 1.165) is 12.1 Å². The molecule has 140 valence electrons. The molecule has 0 spiro atoms. The van der Waals surface area contributed by atoms with E-state index in [1.54, 1.807) is 24.4 Å². The molecule has 0 atom stereocenters. The van der Waals surface area contributed by atoms with Crippen molar-refractivity contribution in [1.29, 1.82) is 0 Å². The van der Waals surface area contributed by atoms with Crippen molar-refractivity contribution >= 4 is 40.0 Å². The number of nitrogens with zero attached hydrogens (tertiary/aromatic N) is 2. The Morgan fingerprint density at radius 2 is 1.70 bits per heavy atom.